The van der Waals surface area contributed by atoms with Gasteiger partial charge in [-0.2, -0.15) is 0 Å². The summed E-state index contributed by atoms with van der Waals surface area (Å²) in [7, 11) is -1.68. The lowest BCUT2D eigenvalue weighted by Crippen LogP contribution is -2.68. The number of aromatic nitrogens is 1. The number of hydrogen-bond acceptors (Lipinski definition) is 7. The molecule has 0 fully saturated rings. The molecule has 0 N–H and O–H groups in total. The van der Waals surface area contributed by atoms with Gasteiger partial charge in [0.2, 0.25) is 0 Å². The van der Waals surface area contributed by atoms with E-state index in [1.165, 1.54) is 0 Å². The second kappa shape index (κ2) is 6.14. The normalized spacial score (nSPS) is 10.8. The molecule has 0 aliphatic heterocycles. The van der Waals surface area contributed by atoms with E-state index in [9.17, 15) is 0 Å². The molecule has 2 aromatic rings. The van der Waals surface area contributed by atoms with E-state index in [0.717, 1.165) is 15.4 Å². The molecule has 0 atom stereocenters. The van der Waals surface area contributed by atoms with E-state index in [1.807, 2.05) is 24.3 Å². The summed E-state index contributed by atoms with van der Waals surface area (Å²) in [4.78, 5) is 5.19. The number of para-hydroxylation sites is 1. The maximum Gasteiger partial charge on any atom is 0.480 e. The quantitative estimate of drug-likeness (QED) is 0.531. The number of nitrogens with zero attached hydrogens (tertiary/aromatic N) is 1. The summed E-state index contributed by atoms with van der Waals surface area (Å²) in [6, 6.07) is 8.01. The van der Waals surface area contributed by atoms with Crippen LogP contribution in [0.5, 0.6) is 5.19 Å². The topological polar surface area (TPSA) is 115 Å². The van der Waals surface area contributed by atoms with Gasteiger partial charge in [0.1, 0.15) is 11.8 Å². The minimum Gasteiger partial charge on any atom is -0.436 e. The Morgan fingerprint density at radius 1 is 1.11 bits per heavy atom. The highest BCUT2D eigenvalue weighted by Crippen LogP contribution is 2.24. The van der Waals surface area contributed by atoms with E-state index in [2.05, 4.69) is 0 Å². The molecule has 0 spiro atoms. The van der Waals surface area contributed by atoms with Gasteiger partial charge < -0.3 is 4.74 Å². The number of fused-ring (bicyclic) bond motifs is 1. The van der Waals surface area contributed by atoms with Crippen LogP contribution < -0.4 is 32.9 Å². The molecule has 0 unspecified atom stereocenters. The first kappa shape index (κ1) is 14.9. The standard InChI is InChI=1S/C9H10NO2S.ClHO4/c1-11-9-10(12-2)7-5-3-4-6-8(7)13-9;2-1(3,4)5/h3-6H,1-2H3;(H,2,3,4,5)/q+1;/p-1. The first-order valence-corrected chi connectivity index (χ1v) is 6.55. The molecule has 9 heteroatoms. The molecule has 0 aliphatic rings. The Morgan fingerprint density at radius 2 is 1.67 bits per heavy atom. The van der Waals surface area contributed by atoms with Gasteiger partial charge in [0.15, 0.2) is 0 Å². The third-order valence-electron chi connectivity index (χ3n) is 1.80. The maximum absolute atomic E-state index is 8.49. The number of halogens is 1. The van der Waals surface area contributed by atoms with Gasteiger partial charge in [-0.3, -0.25) is 4.84 Å². The van der Waals surface area contributed by atoms with Gasteiger partial charge in [-0.25, -0.2) is 18.6 Å². The highest BCUT2D eigenvalue weighted by Gasteiger charge is 2.22. The first-order valence-electron chi connectivity index (χ1n) is 4.50. The summed E-state index contributed by atoms with van der Waals surface area (Å²) in [5.74, 6) is 0. The van der Waals surface area contributed by atoms with Crippen LogP contribution in [0.2, 0.25) is 0 Å². The van der Waals surface area contributed by atoms with E-state index in [-0.39, 0.29) is 0 Å². The third kappa shape index (κ3) is 4.26. The largest absolute Gasteiger partial charge is 0.480 e. The van der Waals surface area contributed by atoms with Crippen LogP contribution in [-0.2, 0) is 0 Å². The number of methoxy groups -OCH3 is 1. The minimum atomic E-state index is -4.94. The van der Waals surface area contributed by atoms with Crippen molar-refractivity contribution >= 4 is 21.6 Å². The van der Waals surface area contributed by atoms with E-state index in [1.54, 1.807) is 30.3 Å². The maximum atomic E-state index is 8.49. The highest BCUT2D eigenvalue weighted by atomic mass is 35.7. The van der Waals surface area contributed by atoms with Crippen molar-refractivity contribution in [2.45, 2.75) is 0 Å². The SMILES string of the molecule is COc1sc2ccccc2[n+]1OC.[O-][Cl+3]([O-])([O-])[O-]. The van der Waals surface area contributed by atoms with Gasteiger partial charge in [-0.15, -0.1) is 10.2 Å². The summed E-state index contributed by atoms with van der Waals surface area (Å²) in [6.07, 6.45) is 0. The Bertz CT molecular complexity index is 505. The predicted molar refractivity (Wildman–Crippen MR) is 51.1 cm³/mol. The lowest BCUT2D eigenvalue weighted by molar-refractivity contribution is -2.00. The summed E-state index contributed by atoms with van der Waals surface area (Å²) in [6.45, 7) is 0. The van der Waals surface area contributed by atoms with Crippen LogP contribution in [0.1, 0.15) is 0 Å². The minimum absolute atomic E-state index is 0.753. The molecule has 1 aromatic heterocycles. The fourth-order valence-electron chi connectivity index (χ4n) is 1.24. The van der Waals surface area contributed by atoms with Crippen LogP contribution in [0.4, 0.5) is 0 Å². The summed E-state index contributed by atoms with van der Waals surface area (Å²) in [5, 5.41) is 0.753. The number of rotatable bonds is 2. The predicted octanol–water partition coefficient (Wildman–Crippen LogP) is -3.50. The zero-order valence-electron chi connectivity index (χ0n) is 9.49. The van der Waals surface area contributed by atoms with E-state index < -0.39 is 10.2 Å². The van der Waals surface area contributed by atoms with Gasteiger partial charge in [0.05, 0.1) is 11.8 Å². The molecule has 7 nitrogen and oxygen atoms in total. The molecule has 0 saturated heterocycles. The van der Waals surface area contributed by atoms with Crippen LogP contribution in [0.3, 0.4) is 0 Å². The molecule has 0 amide bonds. The van der Waals surface area contributed by atoms with Crippen molar-refractivity contribution in [3.63, 3.8) is 0 Å². The fourth-order valence-corrected chi connectivity index (χ4v) is 2.17. The first-order chi connectivity index (χ1) is 8.36. The average molecular weight is 296 g/mol. The highest BCUT2D eigenvalue weighted by molar-refractivity contribution is 7.19. The number of benzene rings is 1. The summed E-state index contributed by atoms with van der Waals surface area (Å²) >= 11 is 1.56. The second-order valence-electron chi connectivity index (χ2n) is 2.89. The van der Waals surface area contributed by atoms with Crippen molar-refractivity contribution < 1.29 is 43.2 Å². The van der Waals surface area contributed by atoms with Crippen molar-refractivity contribution in [3.05, 3.63) is 24.3 Å². The summed E-state index contributed by atoms with van der Waals surface area (Å²) in [5.41, 5.74) is 1.03. The Balaban J connectivity index is 0.000000280. The van der Waals surface area contributed by atoms with Gasteiger partial charge in [-0.05, 0) is 17.4 Å². The molecular formula is C9H10ClNO6S. The zero-order chi connectivity index (χ0) is 13.8. The van der Waals surface area contributed by atoms with Crippen LogP contribution in [0.15, 0.2) is 24.3 Å². The van der Waals surface area contributed by atoms with Gasteiger partial charge >= 0.3 is 5.19 Å². The molecule has 0 saturated carbocycles. The Labute approximate surface area is 109 Å². The summed E-state index contributed by atoms with van der Waals surface area (Å²) < 4.78 is 42.0. The molecule has 18 heavy (non-hydrogen) atoms. The monoisotopic (exact) mass is 295 g/mol. The molecule has 0 aliphatic carbocycles. The second-order valence-corrected chi connectivity index (χ2v) is 4.64. The Kier molecular flexibility index (Phi) is 5.08. The molecule has 100 valence electrons. The smallest absolute Gasteiger partial charge is 0.436 e. The van der Waals surface area contributed by atoms with Gasteiger partial charge in [0.25, 0.3) is 5.52 Å². The molecule has 0 radical (unpaired) electrons. The lowest BCUT2D eigenvalue weighted by Gasteiger charge is -2.17. The number of thiazole rings is 1. The molecule has 1 aromatic carbocycles. The van der Waals surface area contributed by atoms with Crippen molar-refractivity contribution in [3.8, 4) is 5.19 Å². The zero-order valence-corrected chi connectivity index (χ0v) is 11.1. The fraction of sp³-hybridized carbons (Fsp3) is 0.222. The van der Waals surface area contributed by atoms with Gasteiger partial charge in [-0.1, -0.05) is 12.1 Å². The van der Waals surface area contributed by atoms with Crippen LogP contribution in [0, 0.1) is 10.2 Å². The molecular weight excluding hydrogens is 286 g/mol. The van der Waals surface area contributed by atoms with Crippen LogP contribution >= 0.6 is 11.3 Å². The van der Waals surface area contributed by atoms with Crippen LogP contribution in [0.25, 0.3) is 10.2 Å². The molecule has 2 rings (SSSR count). The van der Waals surface area contributed by atoms with E-state index in [4.69, 9.17) is 28.2 Å². The average Bonchev–Trinajstić information content (AvgIpc) is 2.64. The molecule has 0 bridgehead atoms. The third-order valence-corrected chi connectivity index (χ3v) is 2.88. The number of hydrogen-bond donors (Lipinski definition) is 0. The van der Waals surface area contributed by atoms with Crippen LogP contribution in [-0.4, -0.2) is 14.2 Å². The van der Waals surface area contributed by atoms with Crippen molar-refractivity contribution in [2.24, 2.45) is 0 Å². The van der Waals surface area contributed by atoms with Gasteiger partial charge in [0, 0.05) is 6.07 Å². The van der Waals surface area contributed by atoms with E-state index >= 15 is 0 Å². The Hall–Kier alpha value is -1.16. The lowest BCUT2D eigenvalue weighted by atomic mass is 10.3. The van der Waals surface area contributed by atoms with Crippen molar-refractivity contribution in [1.29, 1.82) is 0 Å². The Morgan fingerprint density at radius 3 is 2.17 bits per heavy atom. The number of ether oxygens (including phenoxy) is 1. The van der Waals surface area contributed by atoms with Crippen molar-refractivity contribution in [1.82, 2.24) is 0 Å². The van der Waals surface area contributed by atoms with Crippen molar-refractivity contribution in [2.75, 3.05) is 14.2 Å². The van der Waals surface area contributed by atoms with E-state index in [0.29, 0.717) is 0 Å². The molecule has 1 heterocycles.